The van der Waals surface area contributed by atoms with Crippen molar-refractivity contribution in [3.05, 3.63) is 36.4 Å². The highest BCUT2D eigenvalue weighted by molar-refractivity contribution is 6.04. The number of nitrogens with zero attached hydrogens (tertiary/aromatic N) is 2. The number of piperidine rings is 1. The molecule has 3 aliphatic rings. The first kappa shape index (κ1) is 11.5. The van der Waals surface area contributed by atoms with Crippen LogP contribution in [0.4, 0.5) is 0 Å². The number of allylic oxidation sites excluding steroid dienone is 1. The molecule has 0 amide bonds. The predicted octanol–water partition coefficient (Wildman–Crippen LogP) is 1.76. The molecule has 4 nitrogen and oxygen atoms in total. The minimum absolute atomic E-state index is 0.0165. The molecule has 0 atom stereocenters. The van der Waals surface area contributed by atoms with Crippen LogP contribution in [-0.2, 0) is 0 Å². The summed E-state index contributed by atoms with van der Waals surface area (Å²) in [6, 6.07) is 2.31. The van der Waals surface area contributed by atoms with Crippen LogP contribution in [0.25, 0.3) is 0 Å². The van der Waals surface area contributed by atoms with Gasteiger partial charge in [-0.05, 0) is 18.9 Å². The first-order chi connectivity index (χ1) is 8.83. The maximum Gasteiger partial charge on any atom is 0.190 e. The highest BCUT2D eigenvalue weighted by Crippen LogP contribution is 2.20. The van der Waals surface area contributed by atoms with Crippen molar-refractivity contribution in [2.45, 2.75) is 18.9 Å². The summed E-state index contributed by atoms with van der Waals surface area (Å²) < 4.78 is 4.92. The van der Waals surface area contributed by atoms with Crippen molar-refractivity contribution >= 4 is 5.78 Å². The van der Waals surface area contributed by atoms with E-state index in [2.05, 4.69) is 9.80 Å². The second-order valence-corrected chi connectivity index (χ2v) is 5.00. The molecule has 0 N–H and O–H groups in total. The highest BCUT2D eigenvalue weighted by atomic mass is 16.3. The summed E-state index contributed by atoms with van der Waals surface area (Å²) in [5, 5.41) is 0. The molecule has 4 heteroatoms. The minimum Gasteiger partial charge on any atom is -0.472 e. The summed E-state index contributed by atoms with van der Waals surface area (Å²) in [7, 11) is 0. The van der Waals surface area contributed by atoms with E-state index in [1.54, 1.807) is 12.1 Å². The molecule has 96 valence electrons. The van der Waals surface area contributed by atoms with Crippen molar-refractivity contribution in [3.8, 4) is 0 Å². The van der Waals surface area contributed by atoms with Crippen LogP contribution in [0.15, 0.2) is 35.3 Å². The van der Waals surface area contributed by atoms with Gasteiger partial charge in [0.2, 0.25) is 0 Å². The smallest absolute Gasteiger partial charge is 0.190 e. The van der Waals surface area contributed by atoms with Crippen LogP contribution in [0, 0.1) is 0 Å². The monoisotopic (exact) mass is 246 g/mol. The van der Waals surface area contributed by atoms with Crippen LogP contribution in [0.2, 0.25) is 0 Å². The Kier molecular flexibility index (Phi) is 3.19. The lowest BCUT2D eigenvalue weighted by Gasteiger charge is -2.30. The molecule has 3 aliphatic heterocycles. The first-order valence-corrected chi connectivity index (χ1v) is 6.56. The van der Waals surface area contributed by atoms with Gasteiger partial charge in [-0.25, -0.2) is 0 Å². The number of carbonyl (C=O) groups is 1. The minimum atomic E-state index is 0.0165. The van der Waals surface area contributed by atoms with E-state index in [4.69, 9.17) is 4.42 Å². The van der Waals surface area contributed by atoms with Crippen molar-refractivity contribution in [1.29, 1.82) is 0 Å². The highest BCUT2D eigenvalue weighted by Gasteiger charge is 2.27. The third-order valence-electron chi connectivity index (χ3n) is 3.92. The van der Waals surface area contributed by atoms with Gasteiger partial charge in [-0.2, -0.15) is 0 Å². The third-order valence-corrected chi connectivity index (χ3v) is 3.92. The van der Waals surface area contributed by atoms with E-state index < -0.39 is 0 Å². The fourth-order valence-electron chi connectivity index (χ4n) is 2.77. The average molecular weight is 246 g/mol. The van der Waals surface area contributed by atoms with Crippen molar-refractivity contribution in [3.63, 3.8) is 0 Å². The van der Waals surface area contributed by atoms with E-state index in [1.807, 2.05) is 6.20 Å². The number of hydrogen-bond donors (Lipinski definition) is 0. The SMILES string of the molecule is O=C(C=CN1CCN2CCC1CC2)c1ccoc1. The fourth-order valence-corrected chi connectivity index (χ4v) is 2.77. The van der Waals surface area contributed by atoms with Crippen LogP contribution in [0.5, 0.6) is 0 Å². The Morgan fingerprint density at radius 2 is 2.11 bits per heavy atom. The lowest BCUT2D eigenvalue weighted by Crippen LogP contribution is -2.35. The standard InChI is InChI=1S/C14H18N2O2/c17-14(12-4-10-18-11-12)3-7-16-9-8-15-5-1-13(16)2-6-15/h3-4,7,10-11,13H,1-2,5-6,8-9H2. The molecule has 4 heterocycles. The number of carbonyl (C=O) groups excluding carboxylic acids is 1. The molecular weight excluding hydrogens is 228 g/mol. The fraction of sp³-hybridized carbons (Fsp3) is 0.500. The van der Waals surface area contributed by atoms with E-state index in [0.717, 1.165) is 13.1 Å². The van der Waals surface area contributed by atoms with Crippen LogP contribution in [0.1, 0.15) is 23.2 Å². The summed E-state index contributed by atoms with van der Waals surface area (Å²) in [6.45, 7) is 4.54. The summed E-state index contributed by atoms with van der Waals surface area (Å²) in [5.74, 6) is 0.0165. The Morgan fingerprint density at radius 3 is 2.83 bits per heavy atom. The van der Waals surface area contributed by atoms with E-state index in [-0.39, 0.29) is 5.78 Å². The molecule has 18 heavy (non-hydrogen) atoms. The predicted molar refractivity (Wildman–Crippen MR) is 68.3 cm³/mol. The van der Waals surface area contributed by atoms with Crippen molar-refractivity contribution in [2.24, 2.45) is 0 Å². The second-order valence-electron chi connectivity index (χ2n) is 5.00. The van der Waals surface area contributed by atoms with Gasteiger partial charge in [-0.3, -0.25) is 4.79 Å². The number of furan rings is 1. The molecule has 1 aromatic heterocycles. The number of fused-ring (bicyclic) bond motifs is 4. The van der Waals surface area contributed by atoms with Crippen molar-refractivity contribution in [2.75, 3.05) is 26.2 Å². The van der Waals surface area contributed by atoms with Gasteiger partial charge in [0, 0.05) is 44.5 Å². The van der Waals surface area contributed by atoms with Gasteiger partial charge in [0.25, 0.3) is 0 Å². The Hall–Kier alpha value is -1.55. The van der Waals surface area contributed by atoms with Crippen LogP contribution in [0.3, 0.4) is 0 Å². The lowest BCUT2D eigenvalue weighted by molar-refractivity contribution is 0.104. The molecule has 2 bridgehead atoms. The maximum absolute atomic E-state index is 11.9. The second kappa shape index (κ2) is 4.98. The largest absolute Gasteiger partial charge is 0.472 e. The molecule has 0 unspecified atom stereocenters. The van der Waals surface area contributed by atoms with Crippen molar-refractivity contribution < 1.29 is 9.21 Å². The Labute approximate surface area is 107 Å². The molecule has 0 saturated carbocycles. The van der Waals surface area contributed by atoms with Crippen LogP contribution >= 0.6 is 0 Å². The summed E-state index contributed by atoms with van der Waals surface area (Å²) in [5.41, 5.74) is 0.620. The van der Waals surface area contributed by atoms with Gasteiger partial charge in [0.1, 0.15) is 6.26 Å². The van der Waals surface area contributed by atoms with Crippen molar-refractivity contribution in [1.82, 2.24) is 9.80 Å². The molecule has 1 aromatic rings. The quantitative estimate of drug-likeness (QED) is 0.601. The van der Waals surface area contributed by atoms with Crippen LogP contribution in [-0.4, -0.2) is 47.8 Å². The molecule has 4 rings (SSSR count). The van der Waals surface area contributed by atoms with Gasteiger partial charge in [0.05, 0.1) is 11.8 Å². The van der Waals surface area contributed by atoms with E-state index in [0.29, 0.717) is 11.6 Å². The third kappa shape index (κ3) is 2.34. The summed E-state index contributed by atoms with van der Waals surface area (Å²) in [6.07, 6.45) is 9.08. The molecule has 0 aromatic carbocycles. The summed E-state index contributed by atoms with van der Waals surface area (Å²) >= 11 is 0. The lowest BCUT2D eigenvalue weighted by atomic mass is 10.1. The zero-order chi connectivity index (χ0) is 12.4. The Bertz CT molecular complexity index is 431. The average Bonchev–Trinajstić information content (AvgIpc) is 2.80. The molecule has 0 aliphatic carbocycles. The number of ketones is 1. The van der Waals surface area contributed by atoms with Gasteiger partial charge in [-0.1, -0.05) is 0 Å². The van der Waals surface area contributed by atoms with Gasteiger partial charge in [-0.15, -0.1) is 0 Å². The van der Waals surface area contributed by atoms with Gasteiger partial charge < -0.3 is 14.2 Å². The molecule has 0 radical (unpaired) electrons. The summed E-state index contributed by atoms with van der Waals surface area (Å²) in [4.78, 5) is 16.7. The zero-order valence-electron chi connectivity index (χ0n) is 10.4. The Balaban J connectivity index is 1.66. The number of hydrogen-bond acceptors (Lipinski definition) is 4. The van der Waals surface area contributed by atoms with E-state index in [9.17, 15) is 4.79 Å². The molecule has 0 spiro atoms. The van der Waals surface area contributed by atoms with Crippen LogP contribution < -0.4 is 0 Å². The van der Waals surface area contributed by atoms with Gasteiger partial charge in [0.15, 0.2) is 5.78 Å². The van der Waals surface area contributed by atoms with Gasteiger partial charge >= 0.3 is 0 Å². The molecule has 3 fully saturated rings. The molecule has 3 saturated heterocycles. The number of rotatable bonds is 3. The Morgan fingerprint density at radius 1 is 1.28 bits per heavy atom. The maximum atomic E-state index is 11.9. The first-order valence-electron chi connectivity index (χ1n) is 6.56. The normalized spacial score (nSPS) is 27.7. The van der Waals surface area contributed by atoms with E-state index >= 15 is 0 Å². The molecular formula is C14H18N2O2. The van der Waals surface area contributed by atoms with E-state index in [1.165, 1.54) is 38.5 Å². The topological polar surface area (TPSA) is 36.7 Å². The zero-order valence-corrected chi connectivity index (χ0v) is 10.4.